The summed E-state index contributed by atoms with van der Waals surface area (Å²) in [5.41, 5.74) is 1.52. The van der Waals surface area contributed by atoms with Crippen LogP contribution in [0.3, 0.4) is 0 Å². The first-order valence-electron chi connectivity index (χ1n) is 8.31. The molecule has 1 atom stereocenters. The van der Waals surface area contributed by atoms with E-state index in [1.165, 1.54) is 0 Å². The topological polar surface area (TPSA) is 67.4 Å². The lowest BCUT2D eigenvalue weighted by Gasteiger charge is -2.19. The fourth-order valence-electron chi connectivity index (χ4n) is 2.31. The Morgan fingerprint density at radius 3 is 2.23 bits per heavy atom. The molecule has 5 nitrogen and oxygen atoms in total. The minimum Gasteiger partial charge on any atom is -0.444 e. The summed E-state index contributed by atoms with van der Waals surface area (Å²) >= 11 is 3.49. The van der Waals surface area contributed by atoms with Crippen LogP contribution in [0.5, 0.6) is 0 Å². The van der Waals surface area contributed by atoms with Gasteiger partial charge in [-0.1, -0.05) is 34.1 Å². The molecule has 0 aliphatic rings. The van der Waals surface area contributed by atoms with Gasteiger partial charge in [0.05, 0.1) is 6.04 Å². The zero-order valence-corrected chi connectivity index (χ0v) is 16.9. The van der Waals surface area contributed by atoms with Crippen LogP contribution in [-0.2, 0) is 4.74 Å². The molecule has 6 heteroatoms. The van der Waals surface area contributed by atoms with E-state index in [1.807, 2.05) is 31.2 Å². The van der Waals surface area contributed by atoms with Crippen molar-refractivity contribution >= 4 is 33.6 Å². The van der Waals surface area contributed by atoms with Crippen molar-refractivity contribution in [1.29, 1.82) is 0 Å². The van der Waals surface area contributed by atoms with Crippen molar-refractivity contribution in [2.45, 2.75) is 39.3 Å². The molecule has 0 aliphatic heterocycles. The van der Waals surface area contributed by atoms with Crippen molar-refractivity contribution in [2.24, 2.45) is 0 Å². The number of benzene rings is 2. The van der Waals surface area contributed by atoms with Crippen molar-refractivity contribution < 1.29 is 14.3 Å². The van der Waals surface area contributed by atoms with Crippen LogP contribution >= 0.6 is 15.9 Å². The molecule has 2 rings (SSSR count). The van der Waals surface area contributed by atoms with Gasteiger partial charge in [0, 0.05) is 15.7 Å². The largest absolute Gasteiger partial charge is 0.444 e. The molecule has 138 valence electrons. The summed E-state index contributed by atoms with van der Waals surface area (Å²) in [7, 11) is 0. The van der Waals surface area contributed by atoms with Crippen molar-refractivity contribution in [3.05, 3.63) is 64.1 Å². The average Bonchev–Trinajstić information content (AvgIpc) is 2.53. The number of carbonyl (C=O) groups excluding carboxylic acids is 2. The van der Waals surface area contributed by atoms with Gasteiger partial charge < -0.3 is 10.1 Å². The van der Waals surface area contributed by atoms with Crippen molar-refractivity contribution in [2.75, 3.05) is 5.32 Å². The molecule has 0 aromatic heterocycles. The molecule has 2 aromatic carbocycles. The van der Waals surface area contributed by atoms with Crippen molar-refractivity contribution in [1.82, 2.24) is 5.32 Å². The molecule has 0 saturated heterocycles. The standard InChI is InChI=1S/C20H23BrN2O3/c1-13(16-7-5-6-8-17(16)21)22-18(24)14-9-11-15(12-10-14)23-19(25)26-20(2,3)4/h5-13H,1-4H3,(H,22,24)(H,23,25). The smallest absolute Gasteiger partial charge is 0.412 e. The summed E-state index contributed by atoms with van der Waals surface area (Å²) in [5.74, 6) is -0.183. The highest BCUT2D eigenvalue weighted by molar-refractivity contribution is 9.10. The SMILES string of the molecule is CC(NC(=O)c1ccc(NC(=O)OC(C)(C)C)cc1)c1ccccc1Br. The third-order valence-electron chi connectivity index (χ3n) is 3.51. The van der Waals surface area contributed by atoms with Crippen LogP contribution in [0.2, 0.25) is 0 Å². The van der Waals surface area contributed by atoms with E-state index in [0.717, 1.165) is 10.0 Å². The van der Waals surface area contributed by atoms with Crippen LogP contribution in [0.15, 0.2) is 53.0 Å². The van der Waals surface area contributed by atoms with E-state index >= 15 is 0 Å². The number of amides is 2. The second kappa shape index (κ2) is 8.36. The average molecular weight is 419 g/mol. The molecular formula is C20H23BrN2O3. The van der Waals surface area contributed by atoms with Gasteiger partial charge in [0.2, 0.25) is 0 Å². The van der Waals surface area contributed by atoms with Crippen LogP contribution in [-0.4, -0.2) is 17.6 Å². The number of hydrogen-bond donors (Lipinski definition) is 2. The maximum Gasteiger partial charge on any atom is 0.412 e. The van der Waals surface area contributed by atoms with Gasteiger partial charge in [-0.2, -0.15) is 0 Å². The molecule has 1 unspecified atom stereocenters. The Balaban J connectivity index is 1.98. The molecule has 0 radical (unpaired) electrons. The Labute approximate surface area is 162 Å². The highest BCUT2D eigenvalue weighted by atomic mass is 79.9. The molecule has 0 bridgehead atoms. The van der Waals surface area contributed by atoms with E-state index in [4.69, 9.17) is 4.74 Å². The zero-order chi connectivity index (χ0) is 19.3. The number of carbonyl (C=O) groups is 2. The van der Waals surface area contributed by atoms with Gasteiger partial charge in [-0.25, -0.2) is 4.79 Å². The Morgan fingerprint density at radius 2 is 1.65 bits per heavy atom. The van der Waals surface area contributed by atoms with Gasteiger partial charge in [-0.15, -0.1) is 0 Å². The lowest BCUT2D eigenvalue weighted by atomic mass is 10.1. The van der Waals surface area contributed by atoms with Gasteiger partial charge in [0.25, 0.3) is 5.91 Å². The number of nitrogens with one attached hydrogen (secondary N) is 2. The van der Waals surface area contributed by atoms with E-state index in [0.29, 0.717) is 11.3 Å². The third-order valence-corrected chi connectivity index (χ3v) is 4.23. The highest BCUT2D eigenvalue weighted by Crippen LogP contribution is 2.23. The summed E-state index contributed by atoms with van der Waals surface area (Å²) in [6.07, 6.45) is -0.530. The Kier molecular flexibility index (Phi) is 6.42. The molecule has 0 aliphatic carbocycles. The molecule has 0 fully saturated rings. The molecule has 2 N–H and O–H groups in total. The predicted octanol–water partition coefficient (Wildman–Crippen LogP) is 5.29. The summed E-state index contributed by atoms with van der Waals surface area (Å²) < 4.78 is 6.15. The minimum atomic E-state index is -0.564. The maximum absolute atomic E-state index is 12.4. The van der Waals surface area contributed by atoms with Crippen LogP contribution in [0, 0.1) is 0 Å². The lowest BCUT2D eigenvalue weighted by molar-refractivity contribution is 0.0635. The van der Waals surface area contributed by atoms with E-state index < -0.39 is 11.7 Å². The monoisotopic (exact) mass is 418 g/mol. The highest BCUT2D eigenvalue weighted by Gasteiger charge is 2.17. The van der Waals surface area contributed by atoms with Crippen molar-refractivity contribution in [3.8, 4) is 0 Å². The Morgan fingerprint density at radius 1 is 1.04 bits per heavy atom. The molecule has 0 heterocycles. The number of rotatable bonds is 4. The lowest BCUT2D eigenvalue weighted by Crippen LogP contribution is -2.27. The normalized spacial score (nSPS) is 12.2. The van der Waals surface area contributed by atoms with E-state index in [-0.39, 0.29) is 11.9 Å². The molecular weight excluding hydrogens is 396 g/mol. The maximum atomic E-state index is 12.4. The molecule has 2 amide bonds. The third kappa shape index (κ3) is 5.88. The Hall–Kier alpha value is -2.34. The molecule has 0 saturated carbocycles. The predicted molar refractivity (Wildman–Crippen MR) is 106 cm³/mol. The second-order valence-corrected chi connectivity index (χ2v) is 7.78. The molecule has 0 spiro atoms. The van der Waals surface area contributed by atoms with Crippen LogP contribution in [0.4, 0.5) is 10.5 Å². The quantitative estimate of drug-likeness (QED) is 0.708. The second-order valence-electron chi connectivity index (χ2n) is 6.92. The Bertz CT molecular complexity index is 782. The van der Waals surface area contributed by atoms with Gasteiger partial charge in [0.1, 0.15) is 5.60 Å². The van der Waals surface area contributed by atoms with E-state index in [1.54, 1.807) is 45.0 Å². The fraction of sp³-hybridized carbons (Fsp3) is 0.300. The van der Waals surface area contributed by atoms with Gasteiger partial charge >= 0.3 is 6.09 Å². The summed E-state index contributed by atoms with van der Waals surface area (Å²) in [5, 5.41) is 5.60. The van der Waals surface area contributed by atoms with E-state index in [2.05, 4.69) is 26.6 Å². The fourth-order valence-corrected chi connectivity index (χ4v) is 2.94. The first-order valence-corrected chi connectivity index (χ1v) is 9.10. The summed E-state index contributed by atoms with van der Waals surface area (Å²) in [4.78, 5) is 24.2. The van der Waals surface area contributed by atoms with Gasteiger partial charge in [0.15, 0.2) is 0 Å². The van der Waals surface area contributed by atoms with Gasteiger partial charge in [-0.05, 0) is 63.6 Å². The first kappa shape index (κ1) is 20.0. The van der Waals surface area contributed by atoms with Crippen LogP contribution in [0.25, 0.3) is 0 Å². The number of halogens is 1. The molecule has 2 aromatic rings. The summed E-state index contributed by atoms with van der Waals surface area (Å²) in [6, 6.07) is 14.3. The van der Waals surface area contributed by atoms with E-state index in [9.17, 15) is 9.59 Å². The number of anilines is 1. The number of hydrogen-bond acceptors (Lipinski definition) is 3. The minimum absolute atomic E-state index is 0.141. The number of ether oxygens (including phenoxy) is 1. The van der Waals surface area contributed by atoms with Crippen LogP contribution in [0.1, 0.15) is 49.7 Å². The zero-order valence-electron chi connectivity index (χ0n) is 15.3. The molecule has 26 heavy (non-hydrogen) atoms. The summed E-state index contributed by atoms with van der Waals surface area (Å²) in [6.45, 7) is 7.32. The van der Waals surface area contributed by atoms with Gasteiger partial charge in [-0.3, -0.25) is 10.1 Å². The first-order chi connectivity index (χ1) is 12.2. The van der Waals surface area contributed by atoms with Crippen LogP contribution < -0.4 is 10.6 Å². The van der Waals surface area contributed by atoms with Crippen molar-refractivity contribution in [3.63, 3.8) is 0 Å².